The van der Waals surface area contributed by atoms with Gasteiger partial charge in [0.15, 0.2) is 0 Å². The van der Waals surface area contributed by atoms with E-state index in [1.165, 1.54) is 9.80 Å². The Bertz CT molecular complexity index is 921. The Kier molecular flexibility index (Phi) is 6.42. The van der Waals surface area contributed by atoms with E-state index in [4.69, 9.17) is 9.47 Å². The van der Waals surface area contributed by atoms with Gasteiger partial charge in [-0.05, 0) is 36.4 Å². The molecule has 0 aliphatic carbocycles. The molecule has 0 N–H and O–H groups in total. The van der Waals surface area contributed by atoms with E-state index in [1.54, 1.807) is 53.7 Å². The molecule has 3 amide bonds. The number of ether oxygens (including phenoxy) is 2. The van der Waals surface area contributed by atoms with Crippen molar-refractivity contribution in [2.24, 2.45) is 0 Å². The molecule has 2 aliphatic heterocycles. The van der Waals surface area contributed by atoms with Crippen molar-refractivity contribution in [3.8, 4) is 11.5 Å². The Morgan fingerprint density at radius 1 is 0.774 bits per heavy atom. The fourth-order valence-electron chi connectivity index (χ4n) is 3.54. The van der Waals surface area contributed by atoms with Gasteiger partial charge in [0, 0.05) is 51.0 Å². The first-order chi connectivity index (χ1) is 15.1. The third-order valence-electron chi connectivity index (χ3n) is 5.31. The number of benzene rings is 1. The van der Waals surface area contributed by atoms with Gasteiger partial charge in [-0.3, -0.25) is 19.4 Å². The fourth-order valence-corrected chi connectivity index (χ4v) is 3.54. The fraction of sp³-hybridized carbons (Fsp3) is 0.364. The van der Waals surface area contributed by atoms with E-state index in [1.807, 2.05) is 0 Å². The number of amides is 3. The molecule has 2 fully saturated rings. The highest BCUT2D eigenvalue weighted by Gasteiger charge is 2.31. The molecule has 0 saturated carbocycles. The second-order valence-electron chi connectivity index (χ2n) is 7.30. The van der Waals surface area contributed by atoms with Gasteiger partial charge in [0.2, 0.25) is 0 Å². The zero-order valence-corrected chi connectivity index (χ0v) is 17.1. The lowest BCUT2D eigenvalue weighted by Crippen LogP contribution is -2.55. The molecule has 0 radical (unpaired) electrons. The average Bonchev–Trinajstić information content (AvgIpc) is 2.84. The van der Waals surface area contributed by atoms with Gasteiger partial charge < -0.3 is 24.2 Å². The Morgan fingerprint density at radius 2 is 1.39 bits per heavy atom. The number of hydrogen-bond donors (Lipinski definition) is 0. The van der Waals surface area contributed by atoms with E-state index < -0.39 is 11.8 Å². The molecule has 9 heteroatoms. The minimum absolute atomic E-state index is 0.112. The van der Waals surface area contributed by atoms with Crippen LogP contribution < -0.4 is 4.74 Å². The topological polar surface area (TPSA) is 92.3 Å². The van der Waals surface area contributed by atoms with Crippen LogP contribution in [0.25, 0.3) is 0 Å². The minimum atomic E-state index is -0.508. The van der Waals surface area contributed by atoms with E-state index in [0.29, 0.717) is 69.5 Å². The molecule has 2 saturated heterocycles. The third-order valence-corrected chi connectivity index (χ3v) is 5.31. The molecule has 2 aromatic rings. The molecule has 0 bridgehead atoms. The number of carbonyl (C=O) groups excluding carboxylic acids is 3. The second kappa shape index (κ2) is 9.57. The molecule has 9 nitrogen and oxygen atoms in total. The van der Waals surface area contributed by atoms with E-state index in [0.717, 1.165) is 0 Å². The lowest BCUT2D eigenvalue weighted by atomic mass is 10.1. The van der Waals surface area contributed by atoms with Gasteiger partial charge in [-0.15, -0.1) is 0 Å². The van der Waals surface area contributed by atoms with Crippen LogP contribution in [0.15, 0.2) is 48.8 Å². The van der Waals surface area contributed by atoms with Gasteiger partial charge in [-0.25, -0.2) is 0 Å². The standard InChI is InChI=1S/C22H24N4O5/c27-20(17-3-5-18(6-4-17)31-19-2-1-7-23-16-19)24-8-10-25(11-9-24)21(28)22(29)26-12-14-30-15-13-26/h1-7,16H,8-15H2. The van der Waals surface area contributed by atoms with Crippen molar-refractivity contribution in [3.63, 3.8) is 0 Å². The van der Waals surface area contributed by atoms with E-state index >= 15 is 0 Å². The van der Waals surface area contributed by atoms with Crippen molar-refractivity contribution in [2.45, 2.75) is 0 Å². The molecule has 0 spiro atoms. The number of piperazine rings is 1. The van der Waals surface area contributed by atoms with Crippen molar-refractivity contribution in [2.75, 3.05) is 52.5 Å². The van der Waals surface area contributed by atoms with Crippen molar-refractivity contribution in [3.05, 3.63) is 54.4 Å². The van der Waals surface area contributed by atoms with Gasteiger partial charge in [-0.2, -0.15) is 0 Å². The number of morpholine rings is 1. The summed E-state index contributed by atoms with van der Waals surface area (Å²) in [6, 6.07) is 10.5. The second-order valence-corrected chi connectivity index (χ2v) is 7.30. The zero-order valence-electron chi connectivity index (χ0n) is 17.1. The highest BCUT2D eigenvalue weighted by Crippen LogP contribution is 2.21. The lowest BCUT2D eigenvalue weighted by molar-refractivity contribution is -0.154. The van der Waals surface area contributed by atoms with Crippen LogP contribution in [0, 0.1) is 0 Å². The first-order valence-electron chi connectivity index (χ1n) is 10.2. The molecule has 2 aliphatic rings. The Balaban J connectivity index is 1.29. The number of pyridine rings is 1. The number of rotatable bonds is 3. The summed E-state index contributed by atoms with van der Waals surface area (Å²) in [4.78, 5) is 46.4. The van der Waals surface area contributed by atoms with E-state index in [2.05, 4.69) is 4.98 Å². The predicted molar refractivity (Wildman–Crippen MR) is 111 cm³/mol. The Labute approximate surface area is 180 Å². The summed E-state index contributed by atoms with van der Waals surface area (Å²) in [5, 5.41) is 0. The summed E-state index contributed by atoms with van der Waals surface area (Å²) in [6.45, 7) is 3.21. The molecule has 1 aromatic heterocycles. The van der Waals surface area contributed by atoms with Crippen LogP contribution in [-0.2, 0) is 14.3 Å². The highest BCUT2D eigenvalue weighted by molar-refractivity contribution is 6.34. The average molecular weight is 424 g/mol. The summed E-state index contributed by atoms with van der Waals surface area (Å²) in [5.41, 5.74) is 0.544. The first-order valence-corrected chi connectivity index (χ1v) is 10.2. The third kappa shape index (κ3) is 5.00. The Hall–Kier alpha value is -3.46. The summed E-state index contributed by atoms with van der Waals surface area (Å²) in [7, 11) is 0. The SMILES string of the molecule is O=C(C(=O)N1CCN(C(=O)c2ccc(Oc3cccnc3)cc2)CC1)N1CCOCC1. The first kappa shape index (κ1) is 20.8. The quantitative estimate of drug-likeness (QED) is 0.683. The molecule has 0 unspecified atom stereocenters. The van der Waals surface area contributed by atoms with Crippen LogP contribution in [0.5, 0.6) is 11.5 Å². The highest BCUT2D eigenvalue weighted by atomic mass is 16.5. The summed E-state index contributed by atoms with van der Waals surface area (Å²) >= 11 is 0. The molecule has 3 heterocycles. The van der Waals surface area contributed by atoms with Gasteiger partial charge in [0.1, 0.15) is 11.5 Å². The largest absolute Gasteiger partial charge is 0.456 e. The van der Waals surface area contributed by atoms with Crippen LogP contribution in [0.2, 0.25) is 0 Å². The molecular weight excluding hydrogens is 400 g/mol. The number of carbonyl (C=O) groups is 3. The molecular formula is C22H24N4O5. The maximum Gasteiger partial charge on any atom is 0.312 e. The number of aromatic nitrogens is 1. The molecule has 31 heavy (non-hydrogen) atoms. The van der Waals surface area contributed by atoms with Gasteiger partial charge in [0.05, 0.1) is 19.4 Å². The molecule has 4 rings (SSSR count). The van der Waals surface area contributed by atoms with Crippen LogP contribution in [0.4, 0.5) is 0 Å². The van der Waals surface area contributed by atoms with Crippen LogP contribution in [-0.4, -0.2) is 89.9 Å². The van der Waals surface area contributed by atoms with Gasteiger partial charge in [-0.1, -0.05) is 0 Å². The lowest BCUT2D eigenvalue weighted by Gasteiger charge is -2.35. The maximum absolute atomic E-state index is 12.8. The summed E-state index contributed by atoms with van der Waals surface area (Å²) < 4.78 is 10.9. The van der Waals surface area contributed by atoms with Gasteiger partial charge in [0.25, 0.3) is 5.91 Å². The minimum Gasteiger partial charge on any atom is -0.456 e. The van der Waals surface area contributed by atoms with Crippen molar-refractivity contribution in [1.29, 1.82) is 0 Å². The van der Waals surface area contributed by atoms with Crippen LogP contribution >= 0.6 is 0 Å². The van der Waals surface area contributed by atoms with Crippen molar-refractivity contribution in [1.82, 2.24) is 19.7 Å². The van der Waals surface area contributed by atoms with Crippen molar-refractivity contribution >= 4 is 17.7 Å². The van der Waals surface area contributed by atoms with Crippen molar-refractivity contribution < 1.29 is 23.9 Å². The number of nitrogens with zero attached hydrogens (tertiary/aromatic N) is 4. The normalized spacial score (nSPS) is 16.7. The Morgan fingerprint density at radius 3 is 2.00 bits per heavy atom. The summed E-state index contributed by atoms with van der Waals surface area (Å²) in [5.74, 6) is 0.119. The predicted octanol–water partition coefficient (Wildman–Crippen LogP) is 1.02. The van der Waals surface area contributed by atoms with Crippen LogP contribution in [0.1, 0.15) is 10.4 Å². The van der Waals surface area contributed by atoms with E-state index in [-0.39, 0.29) is 5.91 Å². The smallest absolute Gasteiger partial charge is 0.312 e. The van der Waals surface area contributed by atoms with Gasteiger partial charge >= 0.3 is 11.8 Å². The number of hydrogen-bond acceptors (Lipinski definition) is 6. The summed E-state index contributed by atoms with van der Waals surface area (Å²) in [6.07, 6.45) is 3.28. The van der Waals surface area contributed by atoms with E-state index in [9.17, 15) is 14.4 Å². The molecule has 0 atom stereocenters. The molecule has 162 valence electrons. The maximum atomic E-state index is 12.8. The zero-order chi connectivity index (χ0) is 21.6. The molecule has 1 aromatic carbocycles. The van der Waals surface area contributed by atoms with Crippen LogP contribution in [0.3, 0.4) is 0 Å². The monoisotopic (exact) mass is 424 g/mol.